The molecule has 2 rings (SSSR count). The molecule has 0 radical (unpaired) electrons. The Morgan fingerprint density at radius 3 is 2.62 bits per heavy atom. The van der Waals surface area contributed by atoms with E-state index >= 15 is 0 Å². The van der Waals surface area contributed by atoms with E-state index in [0.29, 0.717) is 23.9 Å². The minimum atomic E-state index is -1.18. The van der Waals surface area contributed by atoms with Gasteiger partial charge in [-0.1, -0.05) is 19.9 Å². The molecule has 1 unspecified atom stereocenters. The van der Waals surface area contributed by atoms with E-state index in [4.69, 9.17) is 18.9 Å². The van der Waals surface area contributed by atoms with Gasteiger partial charge < -0.3 is 23.8 Å². The predicted octanol–water partition coefficient (Wildman–Crippen LogP) is 2.86. The minimum absolute atomic E-state index is 0.0396. The van der Waals surface area contributed by atoms with E-state index in [0.717, 1.165) is 0 Å². The van der Waals surface area contributed by atoms with Crippen LogP contribution in [0.1, 0.15) is 20.8 Å². The highest BCUT2D eigenvalue weighted by Gasteiger charge is 2.47. The number of para-hydroxylation sites is 1. The third kappa shape index (κ3) is 2.90. The van der Waals surface area contributed by atoms with Crippen LogP contribution < -0.4 is 14.2 Å². The van der Waals surface area contributed by atoms with Crippen LogP contribution in [0.25, 0.3) is 0 Å². The lowest BCUT2D eigenvalue weighted by atomic mass is 10.2. The van der Waals surface area contributed by atoms with Crippen molar-refractivity contribution < 1.29 is 23.7 Å². The maximum atomic E-state index is 11.7. The molecule has 1 atom stereocenters. The first kappa shape index (κ1) is 15.4. The van der Waals surface area contributed by atoms with Gasteiger partial charge in [0.25, 0.3) is 0 Å². The first-order valence-electron chi connectivity index (χ1n) is 6.93. The van der Waals surface area contributed by atoms with Gasteiger partial charge in [-0.25, -0.2) is 4.79 Å². The zero-order valence-electron chi connectivity index (χ0n) is 13.0. The lowest BCUT2D eigenvalue weighted by molar-refractivity contribution is -0.305. The summed E-state index contributed by atoms with van der Waals surface area (Å²) in [5.74, 6) is -0.0238. The third-order valence-electron chi connectivity index (χ3n) is 3.05. The highest BCUT2D eigenvalue weighted by Crippen LogP contribution is 2.48. The molecule has 0 aliphatic carbocycles. The number of carbonyl (C=O) groups excluding carboxylic acids is 1. The third-order valence-corrected chi connectivity index (χ3v) is 3.05. The molecule has 1 aliphatic heterocycles. The van der Waals surface area contributed by atoms with Crippen molar-refractivity contribution in [2.24, 2.45) is 5.92 Å². The molecule has 1 aromatic carbocycles. The Morgan fingerprint density at radius 2 is 2.05 bits per heavy atom. The van der Waals surface area contributed by atoms with Gasteiger partial charge in [0.2, 0.25) is 5.75 Å². The molecule has 1 aromatic rings. The van der Waals surface area contributed by atoms with Crippen molar-refractivity contribution in [3.8, 4) is 17.2 Å². The number of carbonyl (C=O) groups is 1. The standard InChI is InChI=1S/C15H21NO5/c1-6-18-15(10(2)3)20-12-9-7-8-11(13(12)21-15)19-14(17)16(4)5/h7-10H,6H2,1-5H3. The Kier molecular flexibility index (Phi) is 4.27. The Morgan fingerprint density at radius 1 is 1.33 bits per heavy atom. The smallest absolute Gasteiger partial charge is 0.414 e. The summed E-state index contributed by atoms with van der Waals surface area (Å²) < 4.78 is 22.6. The molecule has 0 saturated carbocycles. The molecule has 0 N–H and O–H groups in total. The molecule has 1 aliphatic rings. The summed E-state index contributed by atoms with van der Waals surface area (Å²) in [4.78, 5) is 13.0. The van der Waals surface area contributed by atoms with E-state index in [9.17, 15) is 4.79 Å². The lowest BCUT2D eigenvalue weighted by Crippen LogP contribution is -2.46. The summed E-state index contributed by atoms with van der Waals surface area (Å²) in [5, 5.41) is 0. The molecule has 21 heavy (non-hydrogen) atoms. The normalized spacial score (nSPS) is 19.7. The van der Waals surface area contributed by atoms with Gasteiger partial charge in [0, 0.05) is 14.1 Å². The zero-order chi connectivity index (χ0) is 15.6. The first-order valence-corrected chi connectivity index (χ1v) is 6.93. The molecule has 0 saturated heterocycles. The molecule has 6 nitrogen and oxygen atoms in total. The quantitative estimate of drug-likeness (QED) is 0.855. The van der Waals surface area contributed by atoms with Crippen molar-refractivity contribution in [2.45, 2.75) is 26.7 Å². The maximum Gasteiger partial charge on any atom is 0.414 e. The largest absolute Gasteiger partial charge is 0.426 e. The van der Waals surface area contributed by atoms with Gasteiger partial charge in [-0.05, 0) is 19.1 Å². The monoisotopic (exact) mass is 295 g/mol. The van der Waals surface area contributed by atoms with E-state index < -0.39 is 12.1 Å². The second kappa shape index (κ2) is 5.81. The van der Waals surface area contributed by atoms with E-state index in [-0.39, 0.29) is 5.92 Å². The Balaban J connectivity index is 2.30. The van der Waals surface area contributed by atoms with Gasteiger partial charge in [-0.2, -0.15) is 0 Å². The Bertz CT molecular complexity index is 529. The number of benzene rings is 1. The second-order valence-corrected chi connectivity index (χ2v) is 5.24. The van der Waals surface area contributed by atoms with Crippen molar-refractivity contribution in [3.63, 3.8) is 0 Å². The van der Waals surface area contributed by atoms with E-state index in [1.807, 2.05) is 20.8 Å². The molecular weight excluding hydrogens is 274 g/mol. The molecule has 0 bridgehead atoms. The Labute approximate surface area is 124 Å². The zero-order valence-corrected chi connectivity index (χ0v) is 13.0. The summed E-state index contributed by atoms with van der Waals surface area (Å²) in [6, 6.07) is 5.15. The summed E-state index contributed by atoms with van der Waals surface area (Å²) in [7, 11) is 3.23. The number of hydrogen-bond donors (Lipinski definition) is 0. The van der Waals surface area contributed by atoms with Crippen LogP contribution in [0.4, 0.5) is 4.79 Å². The van der Waals surface area contributed by atoms with Crippen molar-refractivity contribution in [2.75, 3.05) is 20.7 Å². The van der Waals surface area contributed by atoms with Crippen LogP contribution >= 0.6 is 0 Å². The van der Waals surface area contributed by atoms with Crippen LogP contribution in [-0.4, -0.2) is 37.7 Å². The highest BCUT2D eigenvalue weighted by molar-refractivity contribution is 5.72. The van der Waals surface area contributed by atoms with Crippen LogP contribution in [0.15, 0.2) is 18.2 Å². The van der Waals surface area contributed by atoms with Crippen LogP contribution in [-0.2, 0) is 4.74 Å². The minimum Gasteiger partial charge on any atom is -0.426 e. The summed E-state index contributed by atoms with van der Waals surface area (Å²) in [6.45, 7) is 6.19. The number of fused-ring (bicyclic) bond motifs is 1. The summed E-state index contributed by atoms with van der Waals surface area (Å²) in [6.07, 6.45) is -0.481. The van der Waals surface area contributed by atoms with Crippen molar-refractivity contribution in [1.82, 2.24) is 4.90 Å². The number of rotatable bonds is 4. The van der Waals surface area contributed by atoms with E-state index in [1.54, 1.807) is 32.3 Å². The molecular formula is C15H21NO5. The molecule has 1 amide bonds. The van der Waals surface area contributed by atoms with E-state index in [2.05, 4.69) is 0 Å². The molecule has 116 valence electrons. The average molecular weight is 295 g/mol. The molecule has 0 aromatic heterocycles. The van der Waals surface area contributed by atoms with Crippen LogP contribution in [0, 0.1) is 5.92 Å². The maximum absolute atomic E-state index is 11.7. The lowest BCUT2D eigenvalue weighted by Gasteiger charge is -2.30. The van der Waals surface area contributed by atoms with Crippen molar-refractivity contribution in [1.29, 1.82) is 0 Å². The van der Waals surface area contributed by atoms with Gasteiger partial charge in [0.1, 0.15) is 0 Å². The summed E-state index contributed by atoms with van der Waals surface area (Å²) >= 11 is 0. The van der Waals surface area contributed by atoms with Crippen LogP contribution in [0.5, 0.6) is 17.2 Å². The van der Waals surface area contributed by atoms with E-state index in [1.165, 1.54) is 4.90 Å². The number of nitrogens with zero attached hydrogens (tertiary/aromatic N) is 1. The fraction of sp³-hybridized carbons (Fsp3) is 0.533. The van der Waals surface area contributed by atoms with Crippen molar-refractivity contribution in [3.05, 3.63) is 18.2 Å². The molecule has 6 heteroatoms. The van der Waals surface area contributed by atoms with Crippen molar-refractivity contribution >= 4 is 6.09 Å². The van der Waals surface area contributed by atoms with Gasteiger partial charge in [-0.3, -0.25) is 0 Å². The summed E-state index contributed by atoms with van der Waals surface area (Å²) in [5.41, 5.74) is 0. The molecule has 0 spiro atoms. The van der Waals surface area contributed by atoms with Crippen LogP contribution in [0.2, 0.25) is 0 Å². The molecule has 0 fully saturated rings. The highest BCUT2D eigenvalue weighted by atomic mass is 16.9. The van der Waals surface area contributed by atoms with Gasteiger partial charge in [-0.15, -0.1) is 0 Å². The molecule has 1 heterocycles. The fourth-order valence-corrected chi connectivity index (χ4v) is 1.92. The van der Waals surface area contributed by atoms with Crippen LogP contribution in [0.3, 0.4) is 0 Å². The number of ether oxygens (including phenoxy) is 4. The first-order chi connectivity index (χ1) is 9.89. The number of amides is 1. The second-order valence-electron chi connectivity index (χ2n) is 5.24. The van der Waals surface area contributed by atoms with Gasteiger partial charge in [0.15, 0.2) is 11.5 Å². The topological polar surface area (TPSA) is 57.2 Å². The Hall–Kier alpha value is -1.95. The fourth-order valence-electron chi connectivity index (χ4n) is 1.92. The number of hydrogen-bond acceptors (Lipinski definition) is 5. The van der Waals surface area contributed by atoms with Gasteiger partial charge in [0.05, 0.1) is 12.5 Å². The van der Waals surface area contributed by atoms with Gasteiger partial charge >= 0.3 is 12.1 Å². The SMILES string of the molecule is CCOC1(C(C)C)Oc2cccc(OC(=O)N(C)C)c2O1. The average Bonchev–Trinajstić information content (AvgIpc) is 2.79. The predicted molar refractivity (Wildman–Crippen MR) is 76.6 cm³/mol.